The summed E-state index contributed by atoms with van der Waals surface area (Å²) in [5.74, 6) is 0. The Morgan fingerprint density at radius 2 is 1.92 bits per heavy atom. The first-order valence-electron chi connectivity index (χ1n) is 9.00. The van der Waals surface area contributed by atoms with Crippen molar-refractivity contribution in [1.29, 1.82) is 5.26 Å². The first-order chi connectivity index (χ1) is 12.3. The van der Waals surface area contributed by atoms with E-state index in [9.17, 15) is 5.26 Å². The van der Waals surface area contributed by atoms with Crippen molar-refractivity contribution < 1.29 is 0 Å². The smallest absolute Gasteiger partial charge is 0.159 e. The predicted molar refractivity (Wildman–Crippen MR) is 96.9 cm³/mol. The number of rotatable bonds is 2. The van der Waals surface area contributed by atoms with Crippen molar-refractivity contribution in [2.75, 3.05) is 31.2 Å². The van der Waals surface area contributed by atoms with Crippen molar-refractivity contribution in [1.82, 2.24) is 19.5 Å². The largest absolute Gasteiger partial charge is 0.311 e. The molecule has 0 unspecified atom stereocenters. The normalized spacial score (nSPS) is 19.2. The molecule has 6 heteroatoms. The minimum Gasteiger partial charge on any atom is -0.311 e. The summed E-state index contributed by atoms with van der Waals surface area (Å²) in [5.41, 5.74) is 2.44. The molecule has 5 heterocycles. The molecule has 0 radical (unpaired) electrons. The average Bonchev–Trinajstić information content (AvgIpc) is 2.95. The van der Waals surface area contributed by atoms with Gasteiger partial charge in [-0.05, 0) is 50.6 Å². The molecule has 25 heavy (non-hydrogen) atoms. The van der Waals surface area contributed by atoms with Crippen LogP contribution in [-0.2, 0) is 0 Å². The fraction of sp³-hybridized carbons (Fsp3) is 0.421. The standard InChI is InChI=1S/C19H20N6/c20-12-14-11-17-16-3-1-6-21-19(16)25(18(17)13-22-14)24-9-4-15(5-10-24)23-7-2-8-23/h1,3,6,11,13,15H,2,4-5,7-10H2. The van der Waals surface area contributed by atoms with Crippen molar-refractivity contribution in [3.63, 3.8) is 0 Å². The third-order valence-corrected chi connectivity index (χ3v) is 5.63. The van der Waals surface area contributed by atoms with Crippen molar-refractivity contribution in [2.24, 2.45) is 0 Å². The van der Waals surface area contributed by atoms with E-state index in [0.717, 1.165) is 41.1 Å². The van der Waals surface area contributed by atoms with Crippen molar-refractivity contribution in [3.8, 4) is 6.07 Å². The molecule has 0 N–H and O–H groups in total. The second-order valence-corrected chi connectivity index (χ2v) is 6.96. The summed E-state index contributed by atoms with van der Waals surface area (Å²) in [6, 6.07) is 8.78. The van der Waals surface area contributed by atoms with Gasteiger partial charge in [-0.15, -0.1) is 0 Å². The van der Waals surface area contributed by atoms with E-state index in [2.05, 4.69) is 36.7 Å². The number of hydrogen-bond acceptors (Lipinski definition) is 5. The Labute approximate surface area is 146 Å². The van der Waals surface area contributed by atoms with Crippen molar-refractivity contribution in [3.05, 3.63) is 36.3 Å². The highest BCUT2D eigenvalue weighted by atomic mass is 15.6. The predicted octanol–water partition coefficient (Wildman–Crippen LogP) is 2.26. The van der Waals surface area contributed by atoms with Crippen LogP contribution in [0.4, 0.5) is 0 Å². The lowest BCUT2D eigenvalue weighted by Crippen LogP contribution is -2.52. The number of fused-ring (bicyclic) bond motifs is 3. The van der Waals surface area contributed by atoms with E-state index in [-0.39, 0.29) is 0 Å². The second-order valence-electron chi connectivity index (χ2n) is 6.96. The zero-order valence-electron chi connectivity index (χ0n) is 14.1. The Hall–Kier alpha value is -2.65. The van der Waals surface area contributed by atoms with Gasteiger partial charge in [-0.25, -0.2) is 14.6 Å². The minimum absolute atomic E-state index is 0.451. The molecule has 3 aromatic rings. The monoisotopic (exact) mass is 332 g/mol. The summed E-state index contributed by atoms with van der Waals surface area (Å²) in [6.45, 7) is 4.58. The Morgan fingerprint density at radius 3 is 2.64 bits per heavy atom. The van der Waals surface area contributed by atoms with E-state index in [4.69, 9.17) is 0 Å². The number of nitriles is 1. The molecule has 5 rings (SSSR count). The van der Waals surface area contributed by atoms with E-state index in [1.54, 1.807) is 0 Å². The highest BCUT2D eigenvalue weighted by molar-refractivity contribution is 6.06. The van der Waals surface area contributed by atoms with Gasteiger partial charge in [0.15, 0.2) is 5.65 Å². The molecule has 126 valence electrons. The summed E-state index contributed by atoms with van der Waals surface area (Å²) in [5, 5.41) is 13.7. The lowest BCUT2D eigenvalue weighted by molar-refractivity contribution is 0.0968. The van der Waals surface area contributed by atoms with E-state index in [1.807, 2.05) is 24.5 Å². The zero-order valence-corrected chi connectivity index (χ0v) is 14.1. The number of likely N-dealkylation sites (tertiary alicyclic amines) is 1. The van der Waals surface area contributed by atoms with E-state index < -0.39 is 0 Å². The lowest BCUT2D eigenvalue weighted by atomic mass is 10.0. The topological polar surface area (TPSA) is 61.0 Å². The van der Waals surface area contributed by atoms with Gasteiger partial charge in [-0.3, -0.25) is 0 Å². The molecule has 0 atom stereocenters. The second kappa shape index (κ2) is 5.71. The van der Waals surface area contributed by atoms with Gasteiger partial charge in [0.1, 0.15) is 11.8 Å². The average molecular weight is 332 g/mol. The molecule has 0 amide bonds. The Balaban J connectivity index is 1.57. The zero-order chi connectivity index (χ0) is 16.8. The van der Waals surface area contributed by atoms with Crippen LogP contribution in [0, 0.1) is 11.3 Å². The van der Waals surface area contributed by atoms with Gasteiger partial charge in [0.2, 0.25) is 0 Å². The first-order valence-corrected chi connectivity index (χ1v) is 9.00. The molecular formula is C19H20N6. The van der Waals surface area contributed by atoms with E-state index in [1.165, 1.54) is 32.4 Å². The highest BCUT2D eigenvalue weighted by Gasteiger charge is 2.29. The number of nitrogens with zero attached hydrogens (tertiary/aromatic N) is 6. The van der Waals surface area contributed by atoms with Gasteiger partial charge in [0.05, 0.1) is 11.7 Å². The van der Waals surface area contributed by atoms with Gasteiger partial charge in [-0.1, -0.05) is 0 Å². The Morgan fingerprint density at radius 1 is 1.08 bits per heavy atom. The van der Waals surface area contributed by atoms with Gasteiger partial charge in [-0.2, -0.15) is 5.26 Å². The molecule has 2 fully saturated rings. The van der Waals surface area contributed by atoms with Gasteiger partial charge < -0.3 is 9.91 Å². The molecule has 6 nitrogen and oxygen atoms in total. The van der Waals surface area contributed by atoms with Crippen LogP contribution in [0.25, 0.3) is 21.9 Å². The molecule has 0 aromatic carbocycles. The SMILES string of the molecule is N#Cc1cc2c3cccnc3n(N3CCC(N4CCC4)CC3)c2cn1. The van der Waals surface area contributed by atoms with Gasteiger partial charge >= 0.3 is 0 Å². The summed E-state index contributed by atoms with van der Waals surface area (Å²) < 4.78 is 2.21. The summed E-state index contributed by atoms with van der Waals surface area (Å²) in [4.78, 5) is 11.5. The van der Waals surface area contributed by atoms with Crippen LogP contribution in [0.5, 0.6) is 0 Å². The quantitative estimate of drug-likeness (QED) is 0.720. The number of hydrogen-bond donors (Lipinski definition) is 0. The number of pyridine rings is 2. The summed E-state index contributed by atoms with van der Waals surface area (Å²) >= 11 is 0. The maximum atomic E-state index is 9.18. The molecule has 2 saturated heterocycles. The van der Waals surface area contributed by atoms with E-state index in [0.29, 0.717) is 5.69 Å². The minimum atomic E-state index is 0.451. The maximum absolute atomic E-state index is 9.18. The van der Waals surface area contributed by atoms with Crippen LogP contribution >= 0.6 is 0 Å². The fourth-order valence-corrected chi connectivity index (χ4v) is 4.19. The molecule has 0 aliphatic carbocycles. The Bertz CT molecular complexity index is 973. The molecule has 2 aliphatic heterocycles. The summed E-state index contributed by atoms with van der Waals surface area (Å²) in [7, 11) is 0. The Kier molecular flexibility index (Phi) is 3.35. The van der Waals surface area contributed by atoms with Crippen molar-refractivity contribution >= 4 is 21.9 Å². The molecular weight excluding hydrogens is 312 g/mol. The molecule has 2 aliphatic rings. The third-order valence-electron chi connectivity index (χ3n) is 5.63. The fourth-order valence-electron chi connectivity index (χ4n) is 4.19. The van der Waals surface area contributed by atoms with Gasteiger partial charge in [0, 0.05) is 36.1 Å². The number of piperidine rings is 1. The van der Waals surface area contributed by atoms with Gasteiger partial charge in [0.25, 0.3) is 0 Å². The lowest BCUT2D eigenvalue weighted by Gasteiger charge is -2.43. The number of aromatic nitrogens is 3. The highest BCUT2D eigenvalue weighted by Crippen LogP contribution is 2.29. The van der Waals surface area contributed by atoms with Crippen LogP contribution < -0.4 is 5.01 Å². The van der Waals surface area contributed by atoms with Crippen LogP contribution in [0.2, 0.25) is 0 Å². The molecule has 0 saturated carbocycles. The maximum Gasteiger partial charge on any atom is 0.159 e. The van der Waals surface area contributed by atoms with E-state index >= 15 is 0 Å². The molecule has 0 bridgehead atoms. The van der Waals surface area contributed by atoms with Crippen LogP contribution in [0.15, 0.2) is 30.6 Å². The molecule has 3 aromatic heterocycles. The third kappa shape index (κ3) is 2.27. The first kappa shape index (κ1) is 14.7. The van der Waals surface area contributed by atoms with Crippen LogP contribution in [0.1, 0.15) is 25.0 Å². The van der Waals surface area contributed by atoms with Crippen LogP contribution in [-0.4, -0.2) is 51.8 Å². The van der Waals surface area contributed by atoms with Crippen LogP contribution in [0.3, 0.4) is 0 Å². The van der Waals surface area contributed by atoms with Crippen molar-refractivity contribution in [2.45, 2.75) is 25.3 Å². The summed E-state index contributed by atoms with van der Waals surface area (Å²) in [6.07, 6.45) is 7.39. The molecule has 0 spiro atoms.